The van der Waals surface area contributed by atoms with Crippen molar-refractivity contribution in [1.82, 2.24) is 0 Å². The van der Waals surface area contributed by atoms with Crippen molar-refractivity contribution in [1.29, 1.82) is 0 Å². The Hall–Kier alpha value is -3.12. The molecule has 0 spiro atoms. The van der Waals surface area contributed by atoms with E-state index in [2.05, 4.69) is 91.5 Å². The van der Waals surface area contributed by atoms with Crippen molar-refractivity contribution in [2.75, 3.05) is 0 Å². The summed E-state index contributed by atoms with van der Waals surface area (Å²) in [5, 5.41) is 5.09. The first-order valence-electron chi connectivity index (χ1n) is 8.17. The molecule has 0 saturated heterocycles. The van der Waals surface area contributed by atoms with Crippen LogP contribution in [0.5, 0.6) is 0 Å². The molecule has 0 aromatic heterocycles. The Labute approximate surface area is 142 Å². The molecule has 4 rings (SSSR count). The molecule has 0 heterocycles. The lowest BCUT2D eigenvalue weighted by atomic mass is 9.92. The largest absolute Gasteiger partial charge is 0.0984 e. The van der Waals surface area contributed by atoms with Crippen LogP contribution in [0, 0.1) is 0 Å². The summed E-state index contributed by atoms with van der Waals surface area (Å²) in [6.45, 7) is 4.05. The number of allylic oxidation sites excluding steroid dienone is 2. The Balaban J connectivity index is 2.04. The fraction of sp³-hybridized carbons (Fsp3) is 0. The highest BCUT2D eigenvalue weighted by molar-refractivity contribution is 6.13. The fourth-order valence-corrected chi connectivity index (χ4v) is 3.27. The summed E-state index contributed by atoms with van der Waals surface area (Å²) in [5.41, 5.74) is 3.55. The van der Waals surface area contributed by atoms with Crippen molar-refractivity contribution < 1.29 is 0 Å². The quantitative estimate of drug-likeness (QED) is 0.224. The van der Waals surface area contributed by atoms with Gasteiger partial charge < -0.3 is 0 Å². The van der Waals surface area contributed by atoms with E-state index in [0.29, 0.717) is 0 Å². The maximum absolute atomic E-state index is 4.05. The molecule has 4 aromatic carbocycles. The minimum atomic E-state index is 1.14. The first-order chi connectivity index (χ1) is 11.9. The molecule has 0 saturated carbocycles. The van der Waals surface area contributed by atoms with Crippen LogP contribution in [0.25, 0.3) is 33.2 Å². The van der Waals surface area contributed by atoms with Crippen molar-refractivity contribution in [3.63, 3.8) is 0 Å². The van der Waals surface area contributed by atoms with Crippen LogP contribution in [0.2, 0.25) is 0 Å². The zero-order valence-electron chi connectivity index (χ0n) is 13.4. The fourth-order valence-electron chi connectivity index (χ4n) is 3.27. The summed E-state index contributed by atoms with van der Waals surface area (Å²) in [4.78, 5) is 0. The minimum absolute atomic E-state index is 1.14. The Morgan fingerprint density at radius 1 is 0.667 bits per heavy atom. The highest BCUT2D eigenvalue weighted by Crippen LogP contribution is 2.33. The second-order valence-electron chi connectivity index (χ2n) is 5.91. The van der Waals surface area contributed by atoms with Gasteiger partial charge in [-0.05, 0) is 50.4 Å². The van der Waals surface area contributed by atoms with Crippen molar-refractivity contribution in [3.8, 4) is 0 Å². The van der Waals surface area contributed by atoms with Gasteiger partial charge in [-0.3, -0.25) is 0 Å². The van der Waals surface area contributed by atoms with Crippen LogP contribution in [0.1, 0.15) is 11.1 Å². The summed E-state index contributed by atoms with van der Waals surface area (Å²) in [5.74, 6) is 0. The lowest BCUT2D eigenvalue weighted by Gasteiger charge is -2.12. The average molecular weight is 306 g/mol. The van der Waals surface area contributed by atoms with Gasteiger partial charge >= 0.3 is 0 Å². The predicted octanol–water partition coefficient (Wildman–Crippen LogP) is 6.72. The monoisotopic (exact) mass is 306 g/mol. The van der Waals surface area contributed by atoms with Crippen molar-refractivity contribution >= 4 is 33.2 Å². The van der Waals surface area contributed by atoms with E-state index in [1.807, 2.05) is 12.1 Å². The summed E-state index contributed by atoms with van der Waals surface area (Å²) >= 11 is 0. The van der Waals surface area contributed by atoms with E-state index in [-0.39, 0.29) is 0 Å². The van der Waals surface area contributed by atoms with Gasteiger partial charge in [0.2, 0.25) is 0 Å². The van der Waals surface area contributed by atoms with Gasteiger partial charge in [0.15, 0.2) is 0 Å². The standard InChI is InChI=1S/C24H18/c1-2-19(16-18-10-4-3-5-11-18)24-17-20-12-6-7-13-21(20)22-14-8-9-15-23(22)24/h2-17H,1H2. The van der Waals surface area contributed by atoms with E-state index in [1.54, 1.807) is 0 Å². The summed E-state index contributed by atoms with van der Waals surface area (Å²) in [6, 6.07) is 29.8. The van der Waals surface area contributed by atoms with E-state index in [1.165, 1.54) is 32.7 Å². The van der Waals surface area contributed by atoms with E-state index in [0.717, 1.165) is 5.57 Å². The number of benzene rings is 4. The lowest BCUT2D eigenvalue weighted by molar-refractivity contribution is 1.65. The molecule has 0 nitrogen and oxygen atoms in total. The van der Waals surface area contributed by atoms with Crippen molar-refractivity contribution in [3.05, 3.63) is 109 Å². The van der Waals surface area contributed by atoms with Crippen LogP contribution >= 0.6 is 0 Å². The molecule has 0 N–H and O–H groups in total. The van der Waals surface area contributed by atoms with Crippen LogP contribution in [0.3, 0.4) is 0 Å². The molecular formula is C24H18. The second kappa shape index (κ2) is 6.17. The zero-order chi connectivity index (χ0) is 16.4. The van der Waals surface area contributed by atoms with Gasteiger partial charge in [0.05, 0.1) is 0 Å². The summed E-state index contributed by atoms with van der Waals surface area (Å²) in [6.07, 6.45) is 4.15. The molecule has 0 aliphatic rings. The van der Waals surface area contributed by atoms with Gasteiger partial charge in [-0.1, -0.05) is 91.5 Å². The molecule has 0 aliphatic heterocycles. The Morgan fingerprint density at radius 3 is 2.04 bits per heavy atom. The van der Waals surface area contributed by atoms with E-state index < -0.39 is 0 Å². The molecule has 0 aliphatic carbocycles. The van der Waals surface area contributed by atoms with Crippen LogP contribution in [-0.4, -0.2) is 0 Å². The third-order valence-electron chi connectivity index (χ3n) is 4.42. The third kappa shape index (κ3) is 2.53. The number of fused-ring (bicyclic) bond motifs is 3. The summed E-state index contributed by atoms with van der Waals surface area (Å²) < 4.78 is 0. The Kier molecular flexibility index (Phi) is 3.72. The van der Waals surface area contributed by atoms with Crippen molar-refractivity contribution in [2.24, 2.45) is 0 Å². The third-order valence-corrected chi connectivity index (χ3v) is 4.42. The molecule has 4 aromatic rings. The van der Waals surface area contributed by atoms with Crippen LogP contribution in [-0.2, 0) is 0 Å². The number of hydrogen-bond donors (Lipinski definition) is 0. The van der Waals surface area contributed by atoms with Gasteiger partial charge in [-0.25, -0.2) is 0 Å². The predicted molar refractivity (Wildman–Crippen MR) is 106 cm³/mol. The van der Waals surface area contributed by atoms with Gasteiger partial charge in [0, 0.05) is 0 Å². The first kappa shape index (κ1) is 14.5. The number of hydrogen-bond acceptors (Lipinski definition) is 0. The Morgan fingerprint density at radius 2 is 1.29 bits per heavy atom. The van der Waals surface area contributed by atoms with Gasteiger partial charge in [-0.15, -0.1) is 0 Å². The lowest BCUT2D eigenvalue weighted by Crippen LogP contribution is -1.87. The van der Waals surface area contributed by atoms with E-state index in [4.69, 9.17) is 0 Å². The second-order valence-corrected chi connectivity index (χ2v) is 5.91. The van der Waals surface area contributed by atoms with Gasteiger partial charge in [0.25, 0.3) is 0 Å². The van der Waals surface area contributed by atoms with Crippen LogP contribution in [0.15, 0.2) is 97.6 Å². The zero-order valence-corrected chi connectivity index (χ0v) is 13.4. The topological polar surface area (TPSA) is 0 Å². The smallest absolute Gasteiger partial charge is 0.00990 e. The first-order valence-corrected chi connectivity index (χ1v) is 8.17. The maximum Gasteiger partial charge on any atom is -0.00990 e. The molecule has 0 fully saturated rings. The van der Waals surface area contributed by atoms with E-state index >= 15 is 0 Å². The van der Waals surface area contributed by atoms with Gasteiger partial charge in [0.1, 0.15) is 0 Å². The number of rotatable bonds is 3. The molecule has 24 heavy (non-hydrogen) atoms. The van der Waals surface area contributed by atoms with E-state index in [9.17, 15) is 0 Å². The minimum Gasteiger partial charge on any atom is -0.0984 e. The van der Waals surface area contributed by atoms with Crippen LogP contribution < -0.4 is 0 Å². The molecular weight excluding hydrogens is 288 g/mol. The molecule has 0 unspecified atom stereocenters. The molecule has 114 valence electrons. The molecule has 0 heteroatoms. The van der Waals surface area contributed by atoms with Crippen LogP contribution in [0.4, 0.5) is 0 Å². The van der Waals surface area contributed by atoms with Gasteiger partial charge in [-0.2, -0.15) is 0 Å². The molecule has 0 amide bonds. The molecule has 0 radical (unpaired) electrons. The highest BCUT2D eigenvalue weighted by atomic mass is 14.1. The molecule has 0 atom stereocenters. The Bertz CT molecular complexity index is 1050. The highest BCUT2D eigenvalue weighted by Gasteiger charge is 2.08. The SMILES string of the molecule is C=CC(=Cc1ccccc1)c1cc2ccccc2c2ccccc12. The average Bonchev–Trinajstić information content (AvgIpc) is 2.66. The van der Waals surface area contributed by atoms with Crippen molar-refractivity contribution in [2.45, 2.75) is 0 Å². The maximum atomic E-state index is 4.05. The molecule has 0 bridgehead atoms. The summed E-state index contributed by atoms with van der Waals surface area (Å²) in [7, 11) is 0. The normalized spacial score (nSPS) is 11.8.